The highest BCUT2D eigenvalue weighted by molar-refractivity contribution is 6.99. The van der Waals surface area contributed by atoms with E-state index in [1.165, 1.54) is 6.07 Å². The fraction of sp³-hybridized carbons (Fsp3) is 0. The van der Waals surface area contributed by atoms with Crippen LogP contribution >= 0.6 is 0 Å². The summed E-state index contributed by atoms with van der Waals surface area (Å²) in [6.07, 6.45) is 0. The Bertz CT molecular complexity index is 1440. The maximum Gasteiger partial charge on any atom is 0.332 e. The zero-order valence-electron chi connectivity index (χ0n) is 16.1. The quantitative estimate of drug-likeness (QED) is 0.315. The average Bonchev–Trinajstić information content (AvgIpc) is 2.83. The zero-order valence-corrected chi connectivity index (χ0v) is 16.1. The van der Waals surface area contributed by atoms with Gasteiger partial charge in [-0.1, -0.05) is 54.0 Å². The van der Waals surface area contributed by atoms with Crippen LogP contribution in [-0.2, 0) is 0 Å². The van der Waals surface area contributed by atoms with Gasteiger partial charge >= 0.3 is 5.95 Å². The number of para-hydroxylation sites is 2. The second-order valence-corrected chi connectivity index (χ2v) is 7.29. The Morgan fingerprint density at radius 3 is 2.48 bits per heavy atom. The SMILES string of the molecule is [C-]#[N+]c1cc(C#N)nc(N2c3ccccc3B3c4ccccc4Oc4cccc2c43)n1. The summed E-state index contributed by atoms with van der Waals surface area (Å²) in [5, 5.41) is 9.43. The molecule has 0 radical (unpaired) electrons. The van der Waals surface area contributed by atoms with E-state index < -0.39 is 0 Å². The van der Waals surface area contributed by atoms with Gasteiger partial charge in [0.2, 0.25) is 0 Å². The van der Waals surface area contributed by atoms with Crippen LogP contribution in [0.4, 0.5) is 23.1 Å². The van der Waals surface area contributed by atoms with Crippen molar-refractivity contribution in [3.05, 3.63) is 89.9 Å². The van der Waals surface area contributed by atoms with Gasteiger partial charge in [-0.2, -0.15) is 10.2 Å². The minimum atomic E-state index is 0.00285. The van der Waals surface area contributed by atoms with Crippen LogP contribution in [0.15, 0.2) is 72.8 Å². The molecule has 0 saturated carbocycles. The zero-order chi connectivity index (χ0) is 20.9. The molecular weight excluding hydrogens is 385 g/mol. The number of nitriles is 1. The summed E-state index contributed by atoms with van der Waals surface area (Å²) < 4.78 is 6.24. The summed E-state index contributed by atoms with van der Waals surface area (Å²) in [5.41, 5.74) is 5.16. The van der Waals surface area contributed by atoms with Crippen LogP contribution in [-0.4, -0.2) is 16.7 Å². The summed E-state index contributed by atoms with van der Waals surface area (Å²) >= 11 is 0. The number of anilines is 3. The van der Waals surface area contributed by atoms with Crippen LogP contribution in [0.3, 0.4) is 0 Å². The van der Waals surface area contributed by atoms with Gasteiger partial charge in [-0.15, -0.1) is 0 Å². The smallest absolute Gasteiger partial charge is 0.332 e. The molecule has 0 amide bonds. The lowest BCUT2D eigenvalue weighted by atomic mass is 9.34. The van der Waals surface area contributed by atoms with E-state index in [4.69, 9.17) is 11.3 Å². The average molecular weight is 397 g/mol. The lowest BCUT2D eigenvalue weighted by Gasteiger charge is -2.37. The summed E-state index contributed by atoms with van der Waals surface area (Å²) in [7, 11) is 0. The molecule has 0 fully saturated rings. The third-order valence-corrected chi connectivity index (χ3v) is 5.64. The number of hydrogen-bond acceptors (Lipinski definition) is 5. The monoisotopic (exact) mass is 397 g/mol. The molecule has 0 saturated heterocycles. The number of fused-ring (bicyclic) bond motifs is 4. The highest BCUT2D eigenvalue weighted by atomic mass is 16.5. The molecular formula is C24H12BN5O. The highest BCUT2D eigenvalue weighted by Gasteiger charge is 2.42. The van der Waals surface area contributed by atoms with Gasteiger partial charge in [0.25, 0.3) is 12.5 Å². The minimum absolute atomic E-state index is 0.00285. The standard InChI is InChI=1S/C24H12BN5O/c1-27-22-13-15(14-26)28-24(29-22)30-18-9-4-2-7-16(18)25-17-8-3-5-11-20(17)31-21-12-6-10-19(30)23(21)25/h2-13H. The van der Waals surface area contributed by atoms with Crippen molar-refractivity contribution in [3.8, 4) is 17.6 Å². The molecule has 0 unspecified atom stereocenters. The van der Waals surface area contributed by atoms with Crippen molar-refractivity contribution in [1.82, 2.24) is 9.97 Å². The maximum absolute atomic E-state index is 9.43. The summed E-state index contributed by atoms with van der Waals surface area (Å²) in [4.78, 5) is 14.2. The largest absolute Gasteiger partial charge is 0.458 e. The van der Waals surface area contributed by atoms with Gasteiger partial charge in [-0.3, -0.25) is 4.90 Å². The third kappa shape index (κ3) is 2.44. The molecule has 6 nitrogen and oxygen atoms in total. The molecule has 2 aliphatic heterocycles. The molecule has 0 bridgehead atoms. The van der Waals surface area contributed by atoms with E-state index in [0.717, 1.165) is 39.3 Å². The fourth-order valence-corrected chi connectivity index (χ4v) is 4.43. The summed E-state index contributed by atoms with van der Waals surface area (Å²) in [5.74, 6) is 2.05. The molecule has 31 heavy (non-hydrogen) atoms. The second kappa shape index (κ2) is 6.45. The predicted octanol–water partition coefficient (Wildman–Crippen LogP) is 3.30. The van der Waals surface area contributed by atoms with Crippen molar-refractivity contribution >= 4 is 46.2 Å². The molecule has 4 aromatic rings. The van der Waals surface area contributed by atoms with E-state index in [1.807, 2.05) is 65.6 Å². The Morgan fingerprint density at radius 1 is 0.903 bits per heavy atom. The van der Waals surface area contributed by atoms with Gasteiger partial charge in [0.15, 0.2) is 0 Å². The first kappa shape index (κ1) is 17.3. The molecule has 0 N–H and O–H groups in total. The van der Waals surface area contributed by atoms with Gasteiger partial charge in [0.05, 0.1) is 5.69 Å². The Kier molecular flexibility index (Phi) is 3.59. The van der Waals surface area contributed by atoms with E-state index in [1.54, 1.807) is 0 Å². The van der Waals surface area contributed by atoms with Crippen LogP contribution in [0, 0.1) is 17.9 Å². The predicted molar refractivity (Wildman–Crippen MR) is 119 cm³/mol. The van der Waals surface area contributed by atoms with E-state index in [-0.39, 0.29) is 18.2 Å². The van der Waals surface area contributed by atoms with Crippen LogP contribution in [0.2, 0.25) is 0 Å². The number of benzene rings is 3. The lowest BCUT2D eigenvalue weighted by molar-refractivity contribution is 0.487. The third-order valence-electron chi connectivity index (χ3n) is 5.64. The van der Waals surface area contributed by atoms with E-state index in [0.29, 0.717) is 5.95 Å². The Labute approximate surface area is 178 Å². The number of hydrogen-bond donors (Lipinski definition) is 0. The van der Waals surface area contributed by atoms with Crippen molar-refractivity contribution in [1.29, 1.82) is 5.26 Å². The summed E-state index contributed by atoms with van der Waals surface area (Å²) in [6, 6.07) is 25.5. The number of nitrogens with zero attached hydrogens (tertiary/aromatic N) is 5. The Morgan fingerprint density at radius 2 is 1.65 bits per heavy atom. The van der Waals surface area contributed by atoms with Crippen molar-refractivity contribution in [2.75, 3.05) is 4.90 Å². The van der Waals surface area contributed by atoms with Gasteiger partial charge in [0.1, 0.15) is 23.3 Å². The van der Waals surface area contributed by atoms with Crippen LogP contribution in [0.5, 0.6) is 11.5 Å². The first-order valence-electron chi connectivity index (χ1n) is 9.74. The highest BCUT2D eigenvalue weighted by Crippen LogP contribution is 2.39. The summed E-state index contributed by atoms with van der Waals surface area (Å²) in [6.45, 7) is 7.39. The van der Waals surface area contributed by atoms with Crippen molar-refractivity contribution in [2.24, 2.45) is 0 Å². The molecule has 142 valence electrons. The first-order chi connectivity index (χ1) is 15.3. The van der Waals surface area contributed by atoms with Gasteiger partial charge in [-0.05, 0) is 40.7 Å². The fourth-order valence-electron chi connectivity index (χ4n) is 4.43. The van der Waals surface area contributed by atoms with Gasteiger partial charge in [-0.25, -0.2) is 0 Å². The molecule has 0 aliphatic carbocycles. The van der Waals surface area contributed by atoms with Crippen LogP contribution < -0.4 is 26.0 Å². The Balaban J connectivity index is 1.68. The number of aromatic nitrogens is 2. The lowest BCUT2D eigenvalue weighted by Crippen LogP contribution is -2.59. The van der Waals surface area contributed by atoms with Crippen molar-refractivity contribution < 1.29 is 4.74 Å². The van der Waals surface area contributed by atoms with E-state index in [2.05, 4.69) is 26.9 Å². The first-order valence-corrected chi connectivity index (χ1v) is 9.74. The van der Waals surface area contributed by atoms with Crippen molar-refractivity contribution in [2.45, 2.75) is 0 Å². The topological polar surface area (TPSA) is 66.4 Å². The normalized spacial score (nSPS) is 12.6. The molecule has 0 spiro atoms. The van der Waals surface area contributed by atoms with Crippen LogP contribution in [0.25, 0.3) is 4.85 Å². The number of rotatable bonds is 1. The molecule has 1 aromatic heterocycles. The second-order valence-electron chi connectivity index (χ2n) is 7.29. The van der Waals surface area contributed by atoms with Gasteiger partial charge in [0, 0.05) is 11.8 Å². The molecule has 7 heteroatoms. The minimum Gasteiger partial charge on any atom is -0.458 e. The molecule has 3 heterocycles. The molecule has 2 aliphatic rings. The number of ether oxygens (including phenoxy) is 1. The maximum atomic E-state index is 9.43. The molecule has 3 aromatic carbocycles. The Hall–Kier alpha value is -4.62. The van der Waals surface area contributed by atoms with Crippen LogP contribution in [0.1, 0.15) is 5.69 Å². The molecule has 6 rings (SSSR count). The van der Waals surface area contributed by atoms with Gasteiger partial charge < -0.3 is 9.58 Å². The van der Waals surface area contributed by atoms with Crippen molar-refractivity contribution in [3.63, 3.8) is 0 Å². The van der Waals surface area contributed by atoms with E-state index >= 15 is 0 Å². The van der Waals surface area contributed by atoms with E-state index in [9.17, 15) is 5.26 Å². The molecule has 0 atom stereocenters.